The van der Waals surface area contributed by atoms with E-state index in [9.17, 15) is 39.3 Å². The van der Waals surface area contributed by atoms with Crippen molar-refractivity contribution in [3.63, 3.8) is 0 Å². The van der Waals surface area contributed by atoms with Gasteiger partial charge in [-0.2, -0.15) is 22.0 Å². The zero-order valence-corrected chi connectivity index (χ0v) is 11.2. The number of rotatable bonds is 9. The van der Waals surface area contributed by atoms with Crippen molar-refractivity contribution in [2.45, 2.75) is 62.5 Å². The van der Waals surface area contributed by atoms with E-state index in [-0.39, 0.29) is 25.7 Å². The van der Waals surface area contributed by atoms with Gasteiger partial charge in [-0.05, 0) is 12.8 Å². The van der Waals surface area contributed by atoms with E-state index in [1.54, 1.807) is 0 Å². The second-order valence-electron chi connectivity index (χ2n) is 4.41. The average molecular weight is 329 g/mol. The van der Waals surface area contributed by atoms with Crippen molar-refractivity contribution in [3.8, 4) is 0 Å². The molecule has 0 aromatic carbocycles. The predicted molar refractivity (Wildman–Crippen MR) is 57.9 cm³/mol. The van der Waals surface area contributed by atoms with Crippen LogP contribution in [0.15, 0.2) is 0 Å². The summed E-state index contributed by atoms with van der Waals surface area (Å²) in [6, 6.07) is 0. The molecule has 0 fully saturated rings. The molecule has 0 amide bonds. The highest BCUT2D eigenvalue weighted by Crippen LogP contribution is 2.30. The Hall–Kier alpha value is -0.510. The van der Waals surface area contributed by atoms with Gasteiger partial charge in [0, 0.05) is 6.42 Å². The third kappa shape index (κ3) is 7.32. The Bertz CT molecular complexity index is 379. The normalized spacial score (nSPS) is 15.3. The van der Waals surface area contributed by atoms with Crippen molar-refractivity contribution in [1.82, 2.24) is 0 Å². The molecule has 0 spiro atoms. The molecule has 0 aliphatic heterocycles. The van der Waals surface area contributed by atoms with Crippen LogP contribution in [0, 0.1) is 0 Å². The molecule has 0 heterocycles. The quantitative estimate of drug-likeness (QED) is 0.368. The Morgan fingerprint density at radius 1 is 0.900 bits per heavy atom. The summed E-state index contributed by atoms with van der Waals surface area (Å²) in [5, 5.41) is -4.97. The smallest absolute Gasteiger partial charge is 0.389 e. The van der Waals surface area contributed by atoms with Gasteiger partial charge in [-0.25, -0.2) is 12.8 Å². The minimum atomic E-state index is -6.05. The second-order valence-corrected chi connectivity index (χ2v) is 5.86. The van der Waals surface area contributed by atoms with Gasteiger partial charge >= 0.3 is 11.4 Å². The zero-order valence-electron chi connectivity index (χ0n) is 10.4. The van der Waals surface area contributed by atoms with Crippen LogP contribution in [-0.4, -0.2) is 30.6 Å². The molecule has 0 N–H and O–H groups in total. The molecule has 0 aliphatic carbocycles. The molecule has 1 atom stereocenters. The van der Waals surface area contributed by atoms with E-state index in [1.807, 2.05) is 0 Å². The van der Waals surface area contributed by atoms with Crippen molar-refractivity contribution in [2.24, 2.45) is 0 Å². The average Bonchev–Trinajstić information content (AvgIpc) is 2.24. The summed E-state index contributed by atoms with van der Waals surface area (Å²) in [6.07, 6.45) is -8.64. The maximum atomic E-state index is 12.9. The number of unbranched alkanes of at least 4 members (excludes halogenated alkanes) is 4. The molecule has 0 aromatic heterocycles. The van der Waals surface area contributed by atoms with Gasteiger partial charge in [0.25, 0.3) is 0 Å². The Morgan fingerprint density at radius 2 is 1.35 bits per heavy atom. The molecule has 0 rings (SSSR count). The van der Waals surface area contributed by atoms with Crippen LogP contribution in [0.25, 0.3) is 0 Å². The van der Waals surface area contributed by atoms with Crippen molar-refractivity contribution >= 4 is 10.1 Å². The molecule has 0 saturated carbocycles. The van der Waals surface area contributed by atoms with Crippen molar-refractivity contribution in [3.05, 3.63) is 0 Å². The number of hydrogen-bond acceptors (Lipinski definition) is 3. The van der Waals surface area contributed by atoms with Crippen LogP contribution in [0.2, 0.25) is 0 Å². The maximum absolute atomic E-state index is 12.9. The van der Waals surface area contributed by atoms with Crippen LogP contribution in [-0.2, 0) is 10.1 Å². The van der Waals surface area contributed by atoms with E-state index in [2.05, 4.69) is 0 Å². The summed E-state index contributed by atoms with van der Waals surface area (Å²) >= 11 is 0. The van der Waals surface area contributed by atoms with Crippen molar-refractivity contribution < 1.29 is 39.3 Å². The maximum Gasteiger partial charge on any atom is 0.389 e. The largest absolute Gasteiger partial charge is 0.743 e. The van der Waals surface area contributed by atoms with E-state index in [4.69, 9.17) is 0 Å². The Kier molecular flexibility index (Phi) is 7.29. The molecular weight excluding hydrogens is 314 g/mol. The van der Waals surface area contributed by atoms with E-state index >= 15 is 0 Å². The predicted octanol–water partition coefficient (Wildman–Crippen LogP) is 3.76. The fourth-order valence-electron chi connectivity index (χ4n) is 1.50. The highest BCUT2D eigenvalue weighted by atomic mass is 32.2. The molecule has 3 nitrogen and oxygen atoms in total. The lowest BCUT2D eigenvalue weighted by atomic mass is 10.1. The minimum Gasteiger partial charge on any atom is -0.743 e. The van der Waals surface area contributed by atoms with Gasteiger partial charge in [0.1, 0.15) is 0 Å². The third-order valence-electron chi connectivity index (χ3n) is 2.62. The zero-order chi connectivity index (χ0) is 16.0. The summed E-state index contributed by atoms with van der Waals surface area (Å²) in [7, 11) is -6.05. The summed E-state index contributed by atoms with van der Waals surface area (Å²) in [6.45, 7) is 0. The van der Waals surface area contributed by atoms with Gasteiger partial charge in [0.2, 0.25) is 0 Å². The molecule has 0 aliphatic rings. The molecule has 1 unspecified atom stereocenters. The number of hydrogen-bond donors (Lipinski definition) is 0. The summed E-state index contributed by atoms with van der Waals surface area (Å²) < 4.78 is 104. The van der Waals surface area contributed by atoms with E-state index in [0.717, 1.165) is 0 Å². The van der Waals surface area contributed by atoms with Crippen LogP contribution in [0.5, 0.6) is 0 Å². The number of halogens is 6. The highest BCUT2D eigenvalue weighted by molar-refractivity contribution is 7.86. The fraction of sp³-hybridized carbons (Fsp3) is 1.00. The van der Waals surface area contributed by atoms with Gasteiger partial charge in [-0.15, -0.1) is 0 Å². The first-order valence-corrected chi connectivity index (χ1v) is 7.33. The van der Waals surface area contributed by atoms with Crippen LogP contribution < -0.4 is 0 Å². The summed E-state index contributed by atoms with van der Waals surface area (Å²) in [4.78, 5) is 0. The lowest BCUT2D eigenvalue weighted by Gasteiger charge is -2.23. The van der Waals surface area contributed by atoms with Crippen LogP contribution in [0.3, 0.4) is 0 Å². The topological polar surface area (TPSA) is 57.2 Å². The standard InChI is InChI=1S/C10H16F6O3S/c11-8(10(15,16)20(17,18)19)6-4-2-1-3-5-7-9(12,13)14/h8H,1-7H2,(H,17,18,19)/p-1. The Morgan fingerprint density at radius 3 is 1.80 bits per heavy atom. The summed E-state index contributed by atoms with van der Waals surface area (Å²) in [5.74, 6) is 0. The molecule has 10 heteroatoms. The molecule has 0 bridgehead atoms. The van der Waals surface area contributed by atoms with Crippen molar-refractivity contribution in [2.75, 3.05) is 0 Å². The van der Waals surface area contributed by atoms with Gasteiger partial charge in [0.05, 0.1) is 0 Å². The van der Waals surface area contributed by atoms with E-state index < -0.39 is 40.6 Å². The lowest BCUT2D eigenvalue weighted by Crippen LogP contribution is -2.38. The first kappa shape index (κ1) is 19.5. The van der Waals surface area contributed by atoms with Gasteiger partial charge in [-0.1, -0.05) is 25.7 Å². The van der Waals surface area contributed by atoms with Crippen LogP contribution >= 0.6 is 0 Å². The monoisotopic (exact) mass is 329 g/mol. The third-order valence-corrected chi connectivity index (χ3v) is 3.54. The highest BCUT2D eigenvalue weighted by Gasteiger charge is 2.46. The molecule has 0 saturated heterocycles. The first-order valence-electron chi connectivity index (χ1n) is 5.92. The SMILES string of the molecule is O=S(=O)([O-])C(F)(F)C(F)CCCCCCCC(F)(F)F. The van der Waals surface area contributed by atoms with E-state index in [1.165, 1.54) is 0 Å². The van der Waals surface area contributed by atoms with E-state index in [0.29, 0.717) is 6.42 Å². The second kappa shape index (κ2) is 7.48. The number of alkyl halides is 6. The minimum absolute atomic E-state index is 0.104. The van der Waals surface area contributed by atoms with Gasteiger partial charge in [-0.3, -0.25) is 0 Å². The molecule has 0 aromatic rings. The lowest BCUT2D eigenvalue weighted by molar-refractivity contribution is -0.135. The first-order chi connectivity index (χ1) is 8.88. The molecule has 0 radical (unpaired) electrons. The summed E-state index contributed by atoms with van der Waals surface area (Å²) in [5.41, 5.74) is 0. The van der Waals surface area contributed by atoms with Crippen LogP contribution in [0.4, 0.5) is 26.3 Å². The van der Waals surface area contributed by atoms with Crippen molar-refractivity contribution in [1.29, 1.82) is 0 Å². The molecule has 20 heavy (non-hydrogen) atoms. The molecular formula is C10H15F6O3S-. The fourth-order valence-corrected chi connectivity index (χ4v) is 1.94. The van der Waals surface area contributed by atoms with Gasteiger partial charge in [0.15, 0.2) is 16.3 Å². The molecule has 122 valence electrons. The Labute approximate surface area is 113 Å². The Balaban J connectivity index is 3.81. The van der Waals surface area contributed by atoms with Crippen LogP contribution in [0.1, 0.15) is 44.9 Å². The van der Waals surface area contributed by atoms with Gasteiger partial charge < -0.3 is 4.55 Å².